The van der Waals surface area contributed by atoms with Crippen molar-refractivity contribution < 1.29 is 44.3 Å². The number of amides is 2. The number of rotatable bonds is 10. The zero-order valence-electron chi connectivity index (χ0n) is 28.8. The van der Waals surface area contributed by atoms with Gasteiger partial charge < -0.3 is 9.80 Å². The molecule has 2 aliphatic rings. The molecule has 6 rings (SSSR count). The monoisotopic (exact) mass is 776 g/mol. The van der Waals surface area contributed by atoms with E-state index in [1.165, 1.54) is 38.2 Å². The van der Waals surface area contributed by atoms with Crippen molar-refractivity contribution in [2.75, 3.05) is 25.6 Å². The van der Waals surface area contributed by atoms with Crippen molar-refractivity contribution in [3.05, 3.63) is 47.0 Å². The Kier molecular flexibility index (Phi) is 11.5. The van der Waals surface area contributed by atoms with Crippen LogP contribution in [0.2, 0.25) is 0 Å². The number of halogens is 6. The molecule has 12 nitrogen and oxygen atoms in total. The summed E-state index contributed by atoms with van der Waals surface area (Å²) >= 11 is 1.34. The first-order valence-corrected chi connectivity index (χ1v) is 19.7. The molecule has 4 aromatic rings. The number of alkyl halides is 6. The van der Waals surface area contributed by atoms with Crippen LogP contribution in [0.25, 0.3) is 11.3 Å². The van der Waals surface area contributed by atoms with Crippen LogP contribution in [0.3, 0.4) is 0 Å². The van der Waals surface area contributed by atoms with Gasteiger partial charge >= 0.3 is 12.4 Å². The molecule has 20 heteroatoms. The fourth-order valence-electron chi connectivity index (χ4n) is 6.55. The van der Waals surface area contributed by atoms with Crippen LogP contribution < -0.4 is 0 Å². The molecule has 0 aromatic carbocycles. The zero-order valence-corrected chi connectivity index (χ0v) is 30.5. The van der Waals surface area contributed by atoms with Gasteiger partial charge in [0, 0.05) is 32.2 Å². The molecule has 0 saturated carbocycles. The standard InChI is InChI=1S/C16H19F3N4O3S.C16H19F3N4OS/c1-3-4-10-7-14(24)22(8-10)9-11-15(16(17,18)19)20-12-5-6-13(21-23(11)12)27(2,25)26;1-3-4-10-7-14(24)22(8-10)9-11-15(16(17,18)19)20-12-5-6-13(25-2)21-23(11)12/h5-6,10H,3-4,7-9H2,1-2H3;5-6,10H,3-4,7-9H2,1-2H3. The SMILES string of the molecule is CCCC1CC(=O)N(Cc2c(C(F)(F)F)nc3ccc(S(C)(=O)=O)nn23)C1.CCCC1CC(=O)N(Cc2c(C(F)(F)F)nc3ccc(SC)nn23)C1. The normalized spacial score (nSPS) is 18.6. The van der Waals surface area contributed by atoms with Gasteiger partial charge in [-0.05, 0) is 55.2 Å². The Hall–Kier alpha value is -3.94. The van der Waals surface area contributed by atoms with Gasteiger partial charge in [-0.1, -0.05) is 26.7 Å². The average molecular weight is 777 g/mol. The highest BCUT2D eigenvalue weighted by atomic mass is 32.2. The number of hydrogen-bond acceptors (Lipinski definition) is 9. The second kappa shape index (κ2) is 15.2. The highest BCUT2D eigenvalue weighted by molar-refractivity contribution is 7.98. The Morgan fingerprint density at radius 3 is 1.60 bits per heavy atom. The van der Waals surface area contributed by atoms with Gasteiger partial charge in [0.2, 0.25) is 11.8 Å². The number of nitrogens with zero attached hydrogens (tertiary/aromatic N) is 8. The Balaban J connectivity index is 0.000000202. The van der Waals surface area contributed by atoms with E-state index in [2.05, 4.69) is 20.2 Å². The predicted molar refractivity (Wildman–Crippen MR) is 178 cm³/mol. The maximum Gasteiger partial charge on any atom is 0.435 e. The summed E-state index contributed by atoms with van der Waals surface area (Å²) in [5, 5.41) is 8.29. The highest BCUT2D eigenvalue weighted by Crippen LogP contribution is 2.35. The van der Waals surface area contributed by atoms with Crippen LogP contribution in [0.5, 0.6) is 0 Å². The van der Waals surface area contributed by atoms with E-state index in [0.29, 0.717) is 31.0 Å². The fraction of sp³-hybridized carbons (Fsp3) is 0.562. The predicted octanol–water partition coefficient (Wildman–Crippen LogP) is 5.92. The van der Waals surface area contributed by atoms with Gasteiger partial charge in [0.1, 0.15) is 5.03 Å². The number of hydrogen-bond donors (Lipinski definition) is 0. The minimum Gasteiger partial charge on any atom is -0.336 e. The smallest absolute Gasteiger partial charge is 0.336 e. The Bertz CT molecular complexity index is 2060. The maximum atomic E-state index is 13.5. The molecule has 0 N–H and O–H groups in total. The van der Waals surface area contributed by atoms with Crippen molar-refractivity contribution in [1.29, 1.82) is 0 Å². The molecule has 4 aromatic heterocycles. The average Bonchev–Trinajstić information content (AvgIpc) is 3.80. The van der Waals surface area contributed by atoms with Crippen LogP contribution in [-0.2, 0) is 44.9 Å². The number of sulfone groups is 1. The Morgan fingerprint density at radius 1 is 0.750 bits per heavy atom. The van der Waals surface area contributed by atoms with Crippen molar-refractivity contribution in [2.24, 2.45) is 11.8 Å². The summed E-state index contributed by atoms with van der Waals surface area (Å²) in [6, 6.07) is 5.44. The third-order valence-electron chi connectivity index (χ3n) is 8.88. The van der Waals surface area contributed by atoms with Crippen molar-refractivity contribution >= 4 is 44.7 Å². The topological polar surface area (TPSA) is 135 Å². The number of thioether (sulfide) groups is 1. The van der Waals surface area contributed by atoms with E-state index < -0.39 is 33.6 Å². The Morgan fingerprint density at radius 2 is 1.19 bits per heavy atom. The van der Waals surface area contributed by atoms with Crippen molar-refractivity contribution in [3.63, 3.8) is 0 Å². The molecule has 2 fully saturated rings. The third kappa shape index (κ3) is 8.64. The summed E-state index contributed by atoms with van der Waals surface area (Å²) in [5.41, 5.74) is -2.53. The minimum absolute atomic E-state index is 0.0797. The molecule has 0 bridgehead atoms. The molecule has 52 heavy (non-hydrogen) atoms. The molecular weight excluding hydrogens is 739 g/mol. The lowest BCUT2D eigenvalue weighted by molar-refractivity contribution is -0.143. The number of carbonyl (C=O) groups excluding carboxylic acids is 2. The van der Waals surface area contributed by atoms with E-state index >= 15 is 0 Å². The summed E-state index contributed by atoms with van der Waals surface area (Å²) in [7, 11) is -3.71. The number of fused-ring (bicyclic) bond motifs is 2. The molecule has 6 heterocycles. The van der Waals surface area contributed by atoms with Gasteiger partial charge in [-0.3, -0.25) is 9.59 Å². The second-order valence-corrected chi connectivity index (χ2v) is 15.7. The van der Waals surface area contributed by atoms with Crippen LogP contribution in [0.4, 0.5) is 26.3 Å². The quantitative estimate of drug-likeness (QED) is 0.142. The van der Waals surface area contributed by atoms with Gasteiger partial charge in [0.05, 0.1) is 24.5 Å². The summed E-state index contributed by atoms with van der Waals surface area (Å²) in [5.74, 6) is -0.0189. The first kappa shape index (κ1) is 39.3. The van der Waals surface area contributed by atoms with E-state index in [4.69, 9.17) is 0 Å². The highest BCUT2D eigenvalue weighted by Gasteiger charge is 2.41. The summed E-state index contributed by atoms with van der Waals surface area (Å²) in [6.07, 6.45) is -2.37. The summed E-state index contributed by atoms with van der Waals surface area (Å²) in [6.45, 7) is 4.42. The molecule has 2 unspecified atom stereocenters. The maximum absolute atomic E-state index is 13.5. The molecule has 2 atom stereocenters. The number of likely N-dealkylation sites (tertiary alicyclic amines) is 2. The molecular formula is C32H38F6N8O4S2. The van der Waals surface area contributed by atoms with E-state index in [-0.39, 0.29) is 64.4 Å². The van der Waals surface area contributed by atoms with Gasteiger partial charge in [0.15, 0.2) is 37.5 Å². The largest absolute Gasteiger partial charge is 0.435 e. The van der Waals surface area contributed by atoms with E-state index in [1.54, 1.807) is 12.3 Å². The molecule has 0 aliphatic carbocycles. The molecule has 2 saturated heterocycles. The van der Waals surface area contributed by atoms with E-state index in [0.717, 1.165) is 42.5 Å². The summed E-state index contributed by atoms with van der Waals surface area (Å²) < 4.78 is 106. The van der Waals surface area contributed by atoms with Crippen LogP contribution >= 0.6 is 11.8 Å². The van der Waals surface area contributed by atoms with Crippen molar-refractivity contribution in [3.8, 4) is 0 Å². The van der Waals surface area contributed by atoms with Crippen molar-refractivity contribution in [1.82, 2.24) is 39.0 Å². The summed E-state index contributed by atoms with van der Waals surface area (Å²) in [4.78, 5) is 34.5. The lowest BCUT2D eigenvalue weighted by Gasteiger charge is -2.17. The zero-order chi connectivity index (χ0) is 38.2. The van der Waals surface area contributed by atoms with Crippen LogP contribution in [-0.4, -0.2) is 84.8 Å². The lowest BCUT2D eigenvalue weighted by atomic mass is 10.0. The van der Waals surface area contributed by atoms with Gasteiger partial charge in [0.25, 0.3) is 0 Å². The van der Waals surface area contributed by atoms with E-state index in [1.807, 2.05) is 13.8 Å². The minimum atomic E-state index is -4.75. The Labute approximate surface area is 299 Å². The lowest BCUT2D eigenvalue weighted by Crippen LogP contribution is -2.27. The van der Waals surface area contributed by atoms with E-state index in [9.17, 15) is 44.3 Å². The van der Waals surface area contributed by atoms with Crippen LogP contribution in [0.1, 0.15) is 75.1 Å². The van der Waals surface area contributed by atoms with Gasteiger partial charge in [-0.25, -0.2) is 27.4 Å². The second-order valence-electron chi connectivity index (χ2n) is 12.9. The number of aromatic nitrogens is 6. The third-order valence-corrected chi connectivity index (χ3v) is 10.5. The van der Waals surface area contributed by atoms with Crippen LogP contribution in [0.15, 0.2) is 34.3 Å². The van der Waals surface area contributed by atoms with Gasteiger partial charge in [-0.2, -0.15) is 36.5 Å². The molecule has 0 spiro atoms. The van der Waals surface area contributed by atoms with Gasteiger partial charge in [-0.15, -0.1) is 11.8 Å². The van der Waals surface area contributed by atoms with Crippen molar-refractivity contribution in [2.45, 2.75) is 87.9 Å². The first-order valence-electron chi connectivity index (χ1n) is 16.5. The number of carbonyl (C=O) groups is 2. The van der Waals surface area contributed by atoms with Crippen LogP contribution in [0, 0.1) is 11.8 Å². The molecule has 0 radical (unpaired) electrons. The number of imidazole rings is 2. The fourth-order valence-corrected chi connectivity index (χ4v) is 7.46. The first-order chi connectivity index (χ1) is 24.3. The molecule has 2 amide bonds. The molecule has 284 valence electrons. The molecule has 2 aliphatic heterocycles.